The fourth-order valence-corrected chi connectivity index (χ4v) is 2.17. The van der Waals surface area contributed by atoms with E-state index in [4.69, 9.17) is 18.0 Å². The van der Waals surface area contributed by atoms with E-state index in [1.807, 2.05) is 24.3 Å². The van der Waals surface area contributed by atoms with Crippen molar-refractivity contribution in [2.24, 2.45) is 17.6 Å². The largest absolute Gasteiger partial charge is 0.389 e. The number of fused-ring (bicyclic) bond motifs is 1. The van der Waals surface area contributed by atoms with Crippen LogP contribution in [-0.4, -0.2) is 16.5 Å². The first kappa shape index (κ1) is 14.7. The van der Waals surface area contributed by atoms with Gasteiger partial charge in [-0.2, -0.15) is 0 Å². The summed E-state index contributed by atoms with van der Waals surface area (Å²) in [5.74, 6) is 1.20. The van der Waals surface area contributed by atoms with Crippen LogP contribution in [0.3, 0.4) is 0 Å². The SMILES string of the molecule is CC(C)C(C)CNc1c(C(N)=S)cnc2ccccc12. The summed E-state index contributed by atoms with van der Waals surface area (Å²) in [7, 11) is 0. The monoisotopic (exact) mass is 287 g/mol. The van der Waals surface area contributed by atoms with E-state index < -0.39 is 0 Å². The molecular weight excluding hydrogens is 266 g/mol. The number of hydrogen-bond donors (Lipinski definition) is 2. The number of hydrogen-bond acceptors (Lipinski definition) is 3. The summed E-state index contributed by atoms with van der Waals surface area (Å²) in [5, 5.41) is 4.57. The number of benzene rings is 1. The molecule has 0 amide bonds. The second-order valence-electron chi connectivity index (χ2n) is 5.53. The van der Waals surface area contributed by atoms with E-state index >= 15 is 0 Å². The van der Waals surface area contributed by atoms with Crippen molar-refractivity contribution < 1.29 is 0 Å². The molecule has 0 aliphatic heterocycles. The lowest BCUT2D eigenvalue weighted by atomic mass is 9.98. The fourth-order valence-electron chi connectivity index (χ4n) is 2.02. The molecule has 3 N–H and O–H groups in total. The molecule has 1 unspecified atom stereocenters. The number of rotatable bonds is 5. The van der Waals surface area contributed by atoms with Gasteiger partial charge in [0.05, 0.1) is 16.8 Å². The van der Waals surface area contributed by atoms with E-state index in [1.54, 1.807) is 6.20 Å². The molecule has 0 spiro atoms. The molecule has 0 saturated heterocycles. The molecule has 0 radical (unpaired) electrons. The molecule has 0 aliphatic carbocycles. The first-order valence-electron chi connectivity index (χ1n) is 6.92. The number of para-hydroxylation sites is 1. The first-order valence-corrected chi connectivity index (χ1v) is 7.33. The predicted molar refractivity (Wildman–Crippen MR) is 90.1 cm³/mol. The molecular formula is C16H21N3S. The van der Waals surface area contributed by atoms with Crippen molar-refractivity contribution in [2.45, 2.75) is 20.8 Å². The Balaban J connectivity index is 2.42. The molecule has 4 heteroatoms. The van der Waals surface area contributed by atoms with Crippen LogP contribution in [0.2, 0.25) is 0 Å². The molecule has 0 bridgehead atoms. The molecule has 1 atom stereocenters. The molecule has 1 heterocycles. The lowest BCUT2D eigenvalue weighted by Gasteiger charge is -2.19. The van der Waals surface area contributed by atoms with E-state index in [2.05, 4.69) is 31.1 Å². The lowest BCUT2D eigenvalue weighted by molar-refractivity contribution is 0.440. The summed E-state index contributed by atoms with van der Waals surface area (Å²) in [6.07, 6.45) is 1.76. The summed E-state index contributed by atoms with van der Waals surface area (Å²) >= 11 is 5.14. The third-order valence-electron chi connectivity index (χ3n) is 3.78. The van der Waals surface area contributed by atoms with Crippen LogP contribution < -0.4 is 11.1 Å². The van der Waals surface area contributed by atoms with Gasteiger partial charge in [-0.15, -0.1) is 0 Å². The summed E-state index contributed by atoms with van der Waals surface area (Å²) in [6.45, 7) is 7.58. The third kappa shape index (κ3) is 3.07. The topological polar surface area (TPSA) is 50.9 Å². The summed E-state index contributed by atoms with van der Waals surface area (Å²) in [4.78, 5) is 4.80. The van der Waals surface area contributed by atoms with Gasteiger partial charge in [0.25, 0.3) is 0 Å². The molecule has 0 saturated carbocycles. The van der Waals surface area contributed by atoms with Crippen molar-refractivity contribution in [3.63, 3.8) is 0 Å². The standard InChI is InChI=1S/C16H21N3S/c1-10(2)11(3)8-19-15-12-6-4-5-7-14(12)18-9-13(15)16(17)20/h4-7,9-11H,8H2,1-3H3,(H2,17,20)(H,18,19). The van der Waals surface area contributed by atoms with Crippen LogP contribution in [0.5, 0.6) is 0 Å². The zero-order valence-electron chi connectivity index (χ0n) is 12.2. The Kier molecular flexibility index (Phi) is 4.55. The highest BCUT2D eigenvalue weighted by Crippen LogP contribution is 2.26. The van der Waals surface area contributed by atoms with Crippen LogP contribution in [0.4, 0.5) is 5.69 Å². The fraction of sp³-hybridized carbons (Fsp3) is 0.375. The molecule has 20 heavy (non-hydrogen) atoms. The van der Waals surface area contributed by atoms with Crippen LogP contribution in [-0.2, 0) is 0 Å². The van der Waals surface area contributed by atoms with Gasteiger partial charge in [0.1, 0.15) is 4.99 Å². The van der Waals surface area contributed by atoms with Crippen LogP contribution in [0.15, 0.2) is 30.5 Å². The summed E-state index contributed by atoms with van der Waals surface area (Å²) in [5.41, 5.74) is 8.58. The average molecular weight is 287 g/mol. The number of anilines is 1. The maximum Gasteiger partial charge on any atom is 0.107 e. The Morgan fingerprint density at radius 1 is 1.30 bits per heavy atom. The second kappa shape index (κ2) is 6.18. The number of pyridine rings is 1. The van der Waals surface area contributed by atoms with E-state index in [-0.39, 0.29) is 0 Å². The number of nitrogens with zero attached hydrogens (tertiary/aromatic N) is 1. The van der Waals surface area contributed by atoms with E-state index in [0.717, 1.165) is 28.7 Å². The molecule has 0 aliphatic rings. The minimum atomic E-state index is 0.378. The van der Waals surface area contributed by atoms with Gasteiger partial charge in [-0.1, -0.05) is 51.2 Å². The Bertz CT molecular complexity index is 622. The van der Waals surface area contributed by atoms with Crippen LogP contribution >= 0.6 is 12.2 Å². The quantitative estimate of drug-likeness (QED) is 0.825. The third-order valence-corrected chi connectivity index (χ3v) is 4.00. The molecule has 106 valence electrons. The molecule has 1 aromatic heterocycles. The van der Waals surface area contributed by atoms with Gasteiger partial charge in [0.15, 0.2) is 0 Å². The van der Waals surface area contributed by atoms with Gasteiger partial charge >= 0.3 is 0 Å². The van der Waals surface area contributed by atoms with Gasteiger partial charge in [0.2, 0.25) is 0 Å². The van der Waals surface area contributed by atoms with Crippen molar-refractivity contribution in [1.29, 1.82) is 0 Å². The Morgan fingerprint density at radius 2 is 2.00 bits per heavy atom. The zero-order valence-corrected chi connectivity index (χ0v) is 13.0. The van der Waals surface area contributed by atoms with Crippen molar-refractivity contribution in [2.75, 3.05) is 11.9 Å². The van der Waals surface area contributed by atoms with Crippen LogP contribution in [0, 0.1) is 11.8 Å². The first-order chi connectivity index (χ1) is 9.50. The Labute approximate surface area is 125 Å². The highest BCUT2D eigenvalue weighted by Gasteiger charge is 2.13. The van der Waals surface area contributed by atoms with E-state index in [9.17, 15) is 0 Å². The molecule has 2 aromatic rings. The van der Waals surface area contributed by atoms with Crippen molar-refractivity contribution >= 4 is 33.8 Å². The normalized spacial score (nSPS) is 12.6. The van der Waals surface area contributed by atoms with Gasteiger partial charge in [-0.3, -0.25) is 4.98 Å². The van der Waals surface area contributed by atoms with Crippen LogP contribution in [0.1, 0.15) is 26.3 Å². The summed E-state index contributed by atoms with van der Waals surface area (Å²) in [6, 6.07) is 8.03. The van der Waals surface area contributed by atoms with Gasteiger partial charge in [0, 0.05) is 18.1 Å². The number of nitrogens with two attached hydrogens (primary N) is 1. The van der Waals surface area contributed by atoms with Gasteiger partial charge in [-0.25, -0.2) is 0 Å². The molecule has 0 fully saturated rings. The second-order valence-corrected chi connectivity index (χ2v) is 5.97. The minimum absolute atomic E-state index is 0.378. The zero-order chi connectivity index (χ0) is 14.7. The average Bonchev–Trinajstić information content (AvgIpc) is 2.43. The van der Waals surface area contributed by atoms with Crippen molar-refractivity contribution in [1.82, 2.24) is 4.98 Å². The molecule has 2 rings (SSSR count). The van der Waals surface area contributed by atoms with E-state index in [0.29, 0.717) is 16.8 Å². The van der Waals surface area contributed by atoms with Crippen molar-refractivity contribution in [3.05, 3.63) is 36.0 Å². The number of thiocarbonyl (C=S) groups is 1. The molecule has 3 nitrogen and oxygen atoms in total. The maximum atomic E-state index is 5.82. The Hall–Kier alpha value is -1.68. The summed E-state index contributed by atoms with van der Waals surface area (Å²) < 4.78 is 0. The number of aromatic nitrogens is 1. The highest BCUT2D eigenvalue weighted by molar-refractivity contribution is 7.80. The van der Waals surface area contributed by atoms with Gasteiger partial charge in [-0.05, 0) is 17.9 Å². The van der Waals surface area contributed by atoms with E-state index in [1.165, 1.54) is 0 Å². The predicted octanol–water partition coefficient (Wildman–Crippen LogP) is 3.57. The molecule has 1 aromatic carbocycles. The minimum Gasteiger partial charge on any atom is -0.389 e. The van der Waals surface area contributed by atoms with Gasteiger partial charge < -0.3 is 11.1 Å². The van der Waals surface area contributed by atoms with Crippen LogP contribution in [0.25, 0.3) is 10.9 Å². The highest BCUT2D eigenvalue weighted by atomic mass is 32.1. The smallest absolute Gasteiger partial charge is 0.107 e. The Morgan fingerprint density at radius 3 is 2.65 bits per heavy atom. The lowest BCUT2D eigenvalue weighted by Crippen LogP contribution is -2.19. The van der Waals surface area contributed by atoms with Crippen molar-refractivity contribution in [3.8, 4) is 0 Å². The number of nitrogens with one attached hydrogen (secondary N) is 1. The maximum absolute atomic E-state index is 5.82.